The molecule has 1 heterocycles. The second-order valence-electron chi connectivity index (χ2n) is 13.6. The topological polar surface area (TPSA) is 48.6 Å². The first kappa shape index (κ1) is 37.2. The molecule has 0 fully saturated rings. The molecule has 1 aromatic heterocycles. The van der Waals surface area contributed by atoms with Crippen molar-refractivity contribution in [1.29, 1.82) is 5.26 Å². The molecule has 0 saturated carbocycles. The van der Waals surface area contributed by atoms with E-state index in [2.05, 4.69) is 66.1 Å². The predicted molar refractivity (Wildman–Crippen MR) is 192 cm³/mol. The van der Waals surface area contributed by atoms with Gasteiger partial charge in [0.1, 0.15) is 17.7 Å². The van der Waals surface area contributed by atoms with Gasteiger partial charge in [0, 0.05) is 40.2 Å². The van der Waals surface area contributed by atoms with Crippen LogP contribution in [0.3, 0.4) is 0 Å². The number of allylic oxidation sites excluding steroid dienone is 6. The van der Waals surface area contributed by atoms with Crippen LogP contribution in [0.15, 0.2) is 58.8 Å². The van der Waals surface area contributed by atoms with Gasteiger partial charge in [-0.25, -0.2) is 13.8 Å². The molecule has 4 nitrogen and oxygen atoms in total. The average molecular weight is 650 g/mol. The lowest BCUT2D eigenvalue weighted by Crippen LogP contribution is -2.36. The molecule has 250 valence electrons. The number of fused-ring (bicyclic) bond motifs is 1. The molecule has 0 saturated heterocycles. The molecule has 0 aliphatic heterocycles. The van der Waals surface area contributed by atoms with Crippen LogP contribution in [0, 0.1) is 34.9 Å². The molecule has 1 aromatic carbocycles. The molecule has 0 amide bonds. The highest BCUT2D eigenvalue weighted by Crippen LogP contribution is 2.43. The van der Waals surface area contributed by atoms with Crippen LogP contribution in [-0.4, -0.2) is 30.3 Å². The van der Waals surface area contributed by atoms with Crippen LogP contribution in [0.2, 0.25) is 0 Å². The van der Waals surface area contributed by atoms with E-state index in [9.17, 15) is 5.26 Å². The van der Waals surface area contributed by atoms with Gasteiger partial charge in [-0.05, 0) is 80.2 Å². The van der Waals surface area contributed by atoms with Crippen LogP contribution >= 0.6 is 11.3 Å². The van der Waals surface area contributed by atoms with E-state index in [-0.39, 0.29) is 23.4 Å². The Bertz CT molecular complexity index is 1570. The van der Waals surface area contributed by atoms with E-state index in [0.29, 0.717) is 56.9 Å². The van der Waals surface area contributed by atoms with E-state index < -0.39 is 11.6 Å². The van der Waals surface area contributed by atoms with E-state index in [1.54, 1.807) is 12.1 Å². The first-order valence-electron chi connectivity index (χ1n) is 16.8. The molecule has 0 N–H and O–H groups in total. The molecule has 2 aromatic rings. The fraction of sp³-hybridized carbons (Fsp3) is 0.538. The Morgan fingerprint density at radius 1 is 1.04 bits per heavy atom. The van der Waals surface area contributed by atoms with Crippen LogP contribution in [-0.2, 0) is 4.74 Å². The van der Waals surface area contributed by atoms with Gasteiger partial charge in [-0.15, -0.1) is 11.3 Å². The van der Waals surface area contributed by atoms with Gasteiger partial charge in [-0.1, -0.05) is 74.3 Å². The zero-order valence-electron chi connectivity index (χ0n) is 29.6. The van der Waals surface area contributed by atoms with Gasteiger partial charge in [0.2, 0.25) is 5.88 Å². The summed E-state index contributed by atoms with van der Waals surface area (Å²) < 4.78 is 37.9. The van der Waals surface area contributed by atoms with Crippen LogP contribution in [0.5, 0.6) is 0 Å². The number of hydrogen-bond donors (Lipinski definition) is 0. The Kier molecular flexibility index (Phi) is 13.4. The van der Waals surface area contributed by atoms with Gasteiger partial charge in [0.25, 0.3) is 0 Å². The molecule has 3 rings (SSSR count). The zero-order chi connectivity index (χ0) is 34.3. The molecule has 0 spiro atoms. The van der Waals surface area contributed by atoms with Gasteiger partial charge in [0.05, 0.1) is 22.6 Å². The van der Waals surface area contributed by atoms with Crippen molar-refractivity contribution in [2.24, 2.45) is 22.7 Å². The number of benzene rings is 1. The number of aliphatic imine (C=N–C) groups is 1. The van der Waals surface area contributed by atoms with Gasteiger partial charge in [0.15, 0.2) is 0 Å². The summed E-state index contributed by atoms with van der Waals surface area (Å²) in [6.07, 6.45) is 8.60. The summed E-state index contributed by atoms with van der Waals surface area (Å²) in [6, 6.07) is 5.47. The molecule has 46 heavy (non-hydrogen) atoms. The lowest BCUT2D eigenvalue weighted by molar-refractivity contribution is 0.167. The lowest BCUT2D eigenvalue weighted by Gasteiger charge is -2.36. The highest BCUT2D eigenvalue weighted by Gasteiger charge is 2.28. The Morgan fingerprint density at radius 2 is 1.74 bits per heavy atom. The summed E-state index contributed by atoms with van der Waals surface area (Å²) in [6.45, 7) is 23.8. The zero-order valence-corrected chi connectivity index (χ0v) is 30.4. The number of nitriles is 1. The van der Waals surface area contributed by atoms with E-state index in [4.69, 9.17) is 9.73 Å². The SMILES string of the molecule is C=C(/N=C1/C=C(c2ccc(F)c3sc(C(C)C)c(C#N)c23)C(F)=C/C1=C(/C)N(C)C(CCC(C)CC)C(C)C)OCC(C)CCC. The standard InChI is InChI=1S/C39H53F2N3OS/c1-12-14-26(8)22-45-28(10)43-35-20-31(29-16-17-33(40)39-37(29)32(21-42)38(46-39)24(5)6)34(41)19-30(35)27(9)44(11)36(23(3)4)18-15-25(7)13-2/h16-17,19-20,23-26,36H,10,12-15,18,22H2,1-9,11H3/b30-27+,43-35-. The van der Waals surface area contributed by atoms with Crippen LogP contribution in [0.4, 0.5) is 8.78 Å². The smallest absolute Gasteiger partial charge is 0.206 e. The van der Waals surface area contributed by atoms with Crippen molar-refractivity contribution < 1.29 is 13.5 Å². The second kappa shape index (κ2) is 16.5. The van der Waals surface area contributed by atoms with Crippen LogP contribution in [0.1, 0.15) is 116 Å². The largest absolute Gasteiger partial charge is 0.478 e. The minimum absolute atomic E-state index is 0.0228. The van der Waals surface area contributed by atoms with Crippen molar-refractivity contribution >= 4 is 32.7 Å². The Balaban J connectivity index is 2.21. The molecule has 0 bridgehead atoms. The number of halogens is 2. The van der Waals surface area contributed by atoms with E-state index in [1.807, 2.05) is 20.8 Å². The summed E-state index contributed by atoms with van der Waals surface area (Å²) in [5.41, 5.74) is 3.20. The molecule has 1 aliphatic rings. The maximum absolute atomic E-state index is 16.4. The summed E-state index contributed by atoms with van der Waals surface area (Å²) in [7, 11) is 2.07. The maximum Gasteiger partial charge on any atom is 0.206 e. The lowest BCUT2D eigenvalue weighted by atomic mass is 9.89. The third-order valence-electron chi connectivity index (χ3n) is 9.23. The Hall–Kier alpha value is -3.24. The fourth-order valence-corrected chi connectivity index (χ4v) is 7.32. The van der Waals surface area contributed by atoms with Crippen molar-refractivity contribution in [2.75, 3.05) is 13.7 Å². The first-order valence-corrected chi connectivity index (χ1v) is 17.7. The predicted octanol–water partition coefficient (Wildman–Crippen LogP) is 11.7. The molecule has 7 heteroatoms. The monoisotopic (exact) mass is 649 g/mol. The number of rotatable bonds is 15. The highest BCUT2D eigenvalue weighted by atomic mass is 32.1. The summed E-state index contributed by atoms with van der Waals surface area (Å²) >= 11 is 1.26. The van der Waals surface area contributed by atoms with Crippen molar-refractivity contribution in [1.82, 2.24) is 4.90 Å². The van der Waals surface area contributed by atoms with Crippen LogP contribution in [0.25, 0.3) is 15.7 Å². The van der Waals surface area contributed by atoms with E-state index in [0.717, 1.165) is 42.7 Å². The van der Waals surface area contributed by atoms with Crippen molar-refractivity contribution in [3.8, 4) is 6.07 Å². The van der Waals surface area contributed by atoms with E-state index >= 15 is 8.78 Å². The van der Waals surface area contributed by atoms with Crippen molar-refractivity contribution in [2.45, 2.75) is 106 Å². The quantitative estimate of drug-likeness (QED) is 0.180. The first-order chi connectivity index (χ1) is 21.7. The Labute approximate surface area is 280 Å². The third kappa shape index (κ3) is 8.56. The normalized spacial score (nSPS) is 17.5. The van der Waals surface area contributed by atoms with Gasteiger partial charge >= 0.3 is 0 Å². The van der Waals surface area contributed by atoms with Crippen LogP contribution < -0.4 is 0 Å². The van der Waals surface area contributed by atoms with Gasteiger partial charge < -0.3 is 9.64 Å². The van der Waals surface area contributed by atoms with Crippen molar-refractivity contribution in [3.05, 3.63) is 75.7 Å². The summed E-state index contributed by atoms with van der Waals surface area (Å²) in [5, 5.41) is 10.6. The van der Waals surface area contributed by atoms with Gasteiger partial charge in [-0.2, -0.15) is 5.26 Å². The molecule has 3 atom stereocenters. The second-order valence-corrected chi connectivity index (χ2v) is 14.6. The van der Waals surface area contributed by atoms with Gasteiger partial charge in [-0.3, -0.25) is 0 Å². The maximum atomic E-state index is 16.4. The highest BCUT2D eigenvalue weighted by molar-refractivity contribution is 7.19. The number of nitrogens with zero attached hydrogens (tertiary/aromatic N) is 3. The minimum atomic E-state index is -0.459. The molecule has 3 unspecified atom stereocenters. The average Bonchev–Trinajstić information content (AvgIpc) is 3.41. The Morgan fingerprint density at radius 3 is 2.33 bits per heavy atom. The summed E-state index contributed by atoms with van der Waals surface area (Å²) in [4.78, 5) is 7.86. The molecule has 0 radical (unpaired) electrons. The third-order valence-corrected chi connectivity index (χ3v) is 10.7. The van der Waals surface area contributed by atoms with Crippen molar-refractivity contribution in [3.63, 3.8) is 0 Å². The number of thiophene rings is 1. The fourth-order valence-electron chi connectivity index (χ4n) is 6.14. The molecule has 1 aliphatic carbocycles. The number of hydrogen-bond acceptors (Lipinski definition) is 5. The minimum Gasteiger partial charge on any atom is -0.478 e. The number of ether oxygens (including phenoxy) is 1. The molecular formula is C39H53F2N3OS. The van der Waals surface area contributed by atoms with E-state index in [1.165, 1.54) is 23.5 Å². The molecular weight excluding hydrogens is 597 g/mol. The summed E-state index contributed by atoms with van der Waals surface area (Å²) in [5.74, 6) is 0.773.